The average Bonchev–Trinajstić information content (AvgIpc) is 3.20. The SMILES string of the molecule is c1ccc(COc2ccc3c(-c4ncc5nc[nH]c5n4)cccc3c2)cc1. The van der Waals surface area contributed by atoms with Crippen molar-refractivity contribution < 1.29 is 4.74 Å². The van der Waals surface area contributed by atoms with Crippen molar-refractivity contribution >= 4 is 21.9 Å². The zero-order chi connectivity index (χ0) is 18.1. The van der Waals surface area contributed by atoms with E-state index < -0.39 is 0 Å². The van der Waals surface area contributed by atoms with E-state index >= 15 is 0 Å². The molecule has 0 saturated heterocycles. The van der Waals surface area contributed by atoms with Crippen molar-refractivity contribution in [2.24, 2.45) is 0 Å². The van der Waals surface area contributed by atoms with Crippen LogP contribution in [0.4, 0.5) is 0 Å². The van der Waals surface area contributed by atoms with E-state index in [0.29, 0.717) is 12.4 Å². The summed E-state index contributed by atoms with van der Waals surface area (Å²) in [6.45, 7) is 0.547. The van der Waals surface area contributed by atoms with Crippen LogP contribution in [-0.4, -0.2) is 19.9 Å². The van der Waals surface area contributed by atoms with Crippen LogP contribution in [0.25, 0.3) is 33.3 Å². The molecule has 5 rings (SSSR count). The molecule has 0 radical (unpaired) electrons. The number of H-pyrrole nitrogens is 1. The molecular weight excluding hydrogens is 336 g/mol. The molecular formula is C22H16N4O. The Bertz CT molecular complexity index is 1230. The van der Waals surface area contributed by atoms with E-state index in [4.69, 9.17) is 4.74 Å². The minimum absolute atomic E-state index is 0.547. The fourth-order valence-electron chi connectivity index (χ4n) is 3.16. The van der Waals surface area contributed by atoms with E-state index in [1.807, 2.05) is 36.4 Å². The van der Waals surface area contributed by atoms with Crippen LogP contribution in [0.2, 0.25) is 0 Å². The molecule has 0 aliphatic heterocycles. The van der Waals surface area contributed by atoms with Gasteiger partial charge in [-0.1, -0.05) is 48.5 Å². The standard InChI is InChI=1S/C22H16N4O/c1-2-5-15(6-3-1)13-27-17-9-10-18-16(11-17)7-4-8-19(18)21-23-12-20-22(26-21)25-14-24-20/h1-12,14H,13H2,(H,23,24,25,26). The van der Waals surface area contributed by atoms with Crippen molar-refractivity contribution in [2.75, 3.05) is 0 Å². The van der Waals surface area contributed by atoms with Crippen molar-refractivity contribution in [1.82, 2.24) is 19.9 Å². The Morgan fingerprint density at radius 3 is 2.74 bits per heavy atom. The molecule has 5 nitrogen and oxygen atoms in total. The second-order valence-electron chi connectivity index (χ2n) is 6.29. The Hall–Kier alpha value is -3.73. The quantitative estimate of drug-likeness (QED) is 0.507. The summed E-state index contributed by atoms with van der Waals surface area (Å²) in [6.07, 6.45) is 3.37. The van der Waals surface area contributed by atoms with Crippen LogP contribution >= 0.6 is 0 Å². The highest BCUT2D eigenvalue weighted by Crippen LogP contribution is 2.29. The van der Waals surface area contributed by atoms with Crippen LogP contribution in [0.1, 0.15) is 5.56 Å². The summed E-state index contributed by atoms with van der Waals surface area (Å²) < 4.78 is 5.95. The van der Waals surface area contributed by atoms with Crippen molar-refractivity contribution in [3.63, 3.8) is 0 Å². The predicted octanol–water partition coefficient (Wildman–Crippen LogP) is 4.75. The second-order valence-corrected chi connectivity index (χ2v) is 6.29. The van der Waals surface area contributed by atoms with Crippen molar-refractivity contribution in [3.05, 3.63) is 84.8 Å². The summed E-state index contributed by atoms with van der Waals surface area (Å²) in [4.78, 5) is 16.3. The largest absolute Gasteiger partial charge is 0.489 e. The van der Waals surface area contributed by atoms with Crippen LogP contribution in [0.5, 0.6) is 5.75 Å². The van der Waals surface area contributed by atoms with Gasteiger partial charge in [-0.3, -0.25) is 0 Å². The first kappa shape index (κ1) is 15.5. The lowest BCUT2D eigenvalue weighted by Crippen LogP contribution is -1.95. The third-order valence-electron chi connectivity index (χ3n) is 4.52. The second kappa shape index (κ2) is 6.53. The third-order valence-corrected chi connectivity index (χ3v) is 4.52. The van der Waals surface area contributed by atoms with Crippen LogP contribution in [-0.2, 0) is 6.61 Å². The van der Waals surface area contributed by atoms with E-state index in [-0.39, 0.29) is 0 Å². The lowest BCUT2D eigenvalue weighted by atomic mass is 10.0. The van der Waals surface area contributed by atoms with Gasteiger partial charge in [-0.05, 0) is 34.5 Å². The normalized spacial score (nSPS) is 11.1. The first-order valence-electron chi connectivity index (χ1n) is 8.73. The molecule has 0 bridgehead atoms. The number of aromatic nitrogens is 4. The maximum Gasteiger partial charge on any atom is 0.162 e. The molecule has 0 aliphatic carbocycles. The first-order chi connectivity index (χ1) is 13.4. The Morgan fingerprint density at radius 2 is 1.81 bits per heavy atom. The summed E-state index contributed by atoms with van der Waals surface area (Å²) in [5.74, 6) is 1.52. The smallest absolute Gasteiger partial charge is 0.162 e. The molecule has 0 aliphatic rings. The zero-order valence-electron chi connectivity index (χ0n) is 14.5. The number of hydrogen-bond donors (Lipinski definition) is 1. The van der Waals surface area contributed by atoms with E-state index in [2.05, 4.69) is 50.3 Å². The minimum atomic E-state index is 0.547. The van der Waals surface area contributed by atoms with Gasteiger partial charge in [0.25, 0.3) is 0 Å². The zero-order valence-corrected chi connectivity index (χ0v) is 14.5. The fraction of sp³-hybridized carbons (Fsp3) is 0.0455. The van der Waals surface area contributed by atoms with Crippen LogP contribution in [0.15, 0.2) is 79.3 Å². The lowest BCUT2D eigenvalue weighted by molar-refractivity contribution is 0.306. The molecule has 0 atom stereocenters. The Kier molecular flexibility index (Phi) is 3.76. The Morgan fingerprint density at radius 1 is 0.889 bits per heavy atom. The highest BCUT2D eigenvalue weighted by atomic mass is 16.5. The number of nitrogens with one attached hydrogen (secondary N) is 1. The van der Waals surface area contributed by atoms with Gasteiger partial charge in [-0.2, -0.15) is 0 Å². The van der Waals surface area contributed by atoms with Gasteiger partial charge in [0.2, 0.25) is 0 Å². The van der Waals surface area contributed by atoms with Crippen molar-refractivity contribution in [3.8, 4) is 17.1 Å². The molecule has 0 fully saturated rings. The average molecular weight is 352 g/mol. The summed E-state index contributed by atoms with van der Waals surface area (Å²) in [7, 11) is 0. The number of nitrogens with zero attached hydrogens (tertiary/aromatic N) is 3. The molecule has 130 valence electrons. The molecule has 27 heavy (non-hydrogen) atoms. The van der Waals surface area contributed by atoms with Gasteiger partial charge in [0.1, 0.15) is 17.9 Å². The molecule has 0 spiro atoms. The van der Waals surface area contributed by atoms with Gasteiger partial charge in [-0.25, -0.2) is 15.0 Å². The highest BCUT2D eigenvalue weighted by molar-refractivity contribution is 5.96. The molecule has 3 aromatic carbocycles. The number of hydrogen-bond acceptors (Lipinski definition) is 4. The molecule has 0 unspecified atom stereocenters. The number of rotatable bonds is 4. The first-order valence-corrected chi connectivity index (χ1v) is 8.73. The summed E-state index contributed by atoms with van der Waals surface area (Å²) in [6, 6.07) is 22.4. The summed E-state index contributed by atoms with van der Waals surface area (Å²) >= 11 is 0. The monoisotopic (exact) mass is 352 g/mol. The summed E-state index contributed by atoms with van der Waals surface area (Å²) in [5.41, 5.74) is 3.63. The van der Waals surface area contributed by atoms with Crippen LogP contribution in [0.3, 0.4) is 0 Å². The van der Waals surface area contributed by atoms with Gasteiger partial charge < -0.3 is 9.72 Å². The Balaban J connectivity index is 1.49. The van der Waals surface area contributed by atoms with E-state index in [1.165, 1.54) is 0 Å². The number of ether oxygens (including phenoxy) is 1. The molecule has 1 N–H and O–H groups in total. The van der Waals surface area contributed by atoms with Gasteiger partial charge in [-0.15, -0.1) is 0 Å². The van der Waals surface area contributed by atoms with Gasteiger partial charge >= 0.3 is 0 Å². The number of imidazole rings is 1. The third kappa shape index (κ3) is 3.00. The number of benzene rings is 3. The lowest BCUT2D eigenvalue weighted by Gasteiger charge is -2.09. The van der Waals surface area contributed by atoms with Crippen LogP contribution in [0, 0.1) is 0 Å². The van der Waals surface area contributed by atoms with E-state index in [1.54, 1.807) is 12.5 Å². The topological polar surface area (TPSA) is 63.7 Å². The van der Waals surface area contributed by atoms with Crippen molar-refractivity contribution in [1.29, 1.82) is 0 Å². The molecule has 0 saturated carbocycles. The predicted molar refractivity (Wildman–Crippen MR) is 105 cm³/mol. The Labute approximate surface area is 155 Å². The van der Waals surface area contributed by atoms with Gasteiger partial charge in [0.15, 0.2) is 11.5 Å². The molecule has 0 amide bonds. The van der Waals surface area contributed by atoms with E-state index in [0.717, 1.165) is 38.8 Å². The maximum atomic E-state index is 5.95. The maximum absolute atomic E-state index is 5.95. The minimum Gasteiger partial charge on any atom is -0.489 e. The number of fused-ring (bicyclic) bond motifs is 2. The molecule has 5 heteroatoms. The molecule has 5 aromatic rings. The molecule has 2 aromatic heterocycles. The molecule has 2 heterocycles. The van der Waals surface area contributed by atoms with Gasteiger partial charge in [0, 0.05) is 5.56 Å². The highest BCUT2D eigenvalue weighted by Gasteiger charge is 2.09. The number of aromatic amines is 1. The van der Waals surface area contributed by atoms with Crippen LogP contribution < -0.4 is 4.74 Å². The summed E-state index contributed by atoms with van der Waals surface area (Å²) in [5, 5.41) is 2.18. The van der Waals surface area contributed by atoms with Crippen molar-refractivity contribution in [2.45, 2.75) is 6.61 Å². The fourth-order valence-corrected chi connectivity index (χ4v) is 3.16. The van der Waals surface area contributed by atoms with Gasteiger partial charge in [0.05, 0.1) is 12.5 Å². The van der Waals surface area contributed by atoms with E-state index in [9.17, 15) is 0 Å².